The number of rotatable bonds is 0. The summed E-state index contributed by atoms with van der Waals surface area (Å²) in [6.45, 7) is 1.82. The van der Waals surface area contributed by atoms with Crippen LogP contribution in [0.15, 0.2) is 6.33 Å². The van der Waals surface area contributed by atoms with E-state index in [0.717, 1.165) is 5.69 Å². The molecule has 0 amide bonds. The lowest BCUT2D eigenvalue weighted by atomic mass is 10.5. The van der Waals surface area contributed by atoms with Gasteiger partial charge in [0.15, 0.2) is 0 Å². The molecular formula is C5H4N8. The number of hydrogen-bond donors (Lipinski definition) is 0. The monoisotopic (exact) mass is 176 g/mol. The molecule has 0 saturated heterocycles. The molecule has 3 heterocycles. The zero-order chi connectivity index (χ0) is 8.84. The van der Waals surface area contributed by atoms with E-state index in [9.17, 15) is 0 Å². The molecular weight excluding hydrogens is 172 g/mol. The Hall–Kier alpha value is -2.12. The van der Waals surface area contributed by atoms with Crippen LogP contribution in [0.5, 0.6) is 0 Å². The molecule has 0 aliphatic carbocycles. The summed E-state index contributed by atoms with van der Waals surface area (Å²) in [5.74, 6) is 0.505. The maximum Gasteiger partial charge on any atom is 0.276 e. The molecule has 0 unspecified atom stereocenters. The molecule has 0 aromatic carbocycles. The normalized spacial score (nSPS) is 11.5. The summed E-state index contributed by atoms with van der Waals surface area (Å²) in [5, 5.41) is 22.8. The minimum Gasteiger partial charge on any atom is -0.184 e. The maximum absolute atomic E-state index is 4.16. The fourth-order valence-electron chi connectivity index (χ4n) is 1.19. The van der Waals surface area contributed by atoms with Gasteiger partial charge in [0, 0.05) is 0 Å². The highest BCUT2D eigenvalue weighted by Crippen LogP contribution is 2.03. The van der Waals surface area contributed by atoms with Crippen LogP contribution in [0, 0.1) is 6.92 Å². The van der Waals surface area contributed by atoms with Gasteiger partial charge in [-0.25, -0.2) is 0 Å². The SMILES string of the molecule is Cc1nn2cnnc2n2nnnc12. The van der Waals surface area contributed by atoms with Crippen molar-refractivity contribution in [2.45, 2.75) is 6.92 Å². The predicted octanol–water partition coefficient (Wildman–Crippen LogP) is -1.13. The van der Waals surface area contributed by atoms with E-state index in [0.29, 0.717) is 11.4 Å². The van der Waals surface area contributed by atoms with E-state index in [1.807, 2.05) is 6.92 Å². The highest BCUT2D eigenvalue weighted by molar-refractivity contribution is 5.45. The zero-order valence-corrected chi connectivity index (χ0v) is 6.66. The topological polar surface area (TPSA) is 86.2 Å². The van der Waals surface area contributed by atoms with E-state index in [4.69, 9.17) is 0 Å². The van der Waals surface area contributed by atoms with Gasteiger partial charge in [-0.1, -0.05) is 0 Å². The molecule has 0 aliphatic rings. The molecule has 64 valence electrons. The smallest absolute Gasteiger partial charge is 0.184 e. The standard InChI is InChI=1S/C5H4N8/c1-3-4-7-10-11-13(4)5-8-6-2-12(5)9-3/h2H,1H3. The highest BCUT2D eigenvalue weighted by Gasteiger charge is 2.08. The first-order valence-electron chi connectivity index (χ1n) is 3.61. The Kier molecular flexibility index (Phi) is 0.971. The van der Waals surface area contributed by atoms with Crippen LogP contribution in [0.4, 0.5) is 0 Å². The van der Waals surface area contributed by atoms with Gasteiger partial charge in [-0.2, -0.15) is 14.1 Å². The summed E-state index contributed by atoms with van der Waals surface area (Å²) in [6.07, 6.45) is 1.50. The molecule has 0 N–H and O–H groups in total. The number of fused-ring (bicyclic) bond motifs is 3. The second-order valence-corrected chi connectivity index (χ2v) is 2.58. The van der Waals surface area contributed by atoms with Gasteiger partial charge in [0.25, 0.3) is 5.78 Å². The average Bonchev–Trinajstić information content (AvgIpc) is 2.66. The van der Waals surface area contributed by atoms with Crippen molar-refractivity contribution in [1.29, 1.82) is 0 Å². The van der Waals surface area contributed by atoms with Gasteiger partial charge < -0.3 is 0 Å². The number of aryl methyl sites for hydroxylation is 1. The van der Waals surface area contributed by atoms with E-state index >= 15 is 0 Å². The third-order valence-electron chi connectivity index (χ3n) is 1.75. The van der Waals surface area contributed by atoms with Crippen LogP contribution in [-0.2, 0) is 0 Å². The van der Waals surface area contributed by atoms with Crippen LogP contribution < -0.4 is 0 Å². The van der Waals surface area contributed by atoms with Crippen molar-refractivity contribution < 1.29 is 0 Å². The van der Waals surface area contributed by atoms with Gasteiger partial charge in [-0.05, 0) is 17.4 Å². The molecule has 0 saturated carbocycles. The first-order chi connectivity index (χ1) is 6.36. The van der Waals surface area contributed by atoms with Gasteiger partial charge in [0.05, 0.1) is 0 Å². The first kappa shape index (κ1) is 6.40. The molecule has 0 bridgehead atoms. The molecule has 8 heteroatoms. The lowest BCUT2D eigenvalue weighted by Crippen LogP contribution is -2.02. The van der Waals surface area contributed by atoms with E-state index in [1.54, 1.807) is 0 Å². The minimum absolute atomic E-state index is 0.505. The molecule has 0 radical (unpaired) electrons. The lowest BCUT2D eigenvalue weighted by Gasteiger charge is -1.95. The number of hydrogen-bond acceptors (Lipinski definition) is 6. The Morgan fingerprint density at radius 3 is 3.15 bits per heavy atom. The molecule has 0 fully saturated rings. The molecule has 3 aromatic heterocycles. The summed E-state index contributed by atoms with van der Waals surface area (Å²) < 4.78 is 3.02. The van der Waals surface area contributed by atoms with Crippen molar-refractivity contribution in [2.24, 2.45) is 0 Å². The van der Waals surface area contributed by atoms with Crippen LogP contribution >= 0.6 is 0 Å². The van der Waals surface area contributed by atoms with Gasteiger partial charge >= 0.3 is 0 Å². The Bertz CT molecular complexity index is 576. The first-order valence-corrected chi connectivity index (χ1v) is 3.61. The van der Waals surface area contributed by atoms with E-state index < -0.39 is 0 Å². The molecule has 8 nitrogen and oxygen atoms in total. The Morgan fingerprint density at radius 1 is 1.31 bits per heavy atom. The van der Waals surface area contributed by atoms with Crippen molar-refractivity contribution in [1.82, 2.24) is 39.9 Å². The van der Waals surface area contributed by atoms with Crippen molar-refractivity contribution in [3.63, 3.8) is 0 Å². The van der Waals surface area contributed by atoms with Crippen LogP contribution in [0.1, 0.15) is 5.69 Å². The number of tetrazole rings is 1. The zero-order valence-electron chi connectivity index (χ0n) is 6.66. The Labute approximate surface area is 71.2 Å². The van der Waals surface area contributed by atoms with Crippen LogP contribution in [0.25, 0.3) is 11.4 Å². The van der Waals surface area contributed by atoms with Crippen molar-refractivity contribution in [2.75, 3.05) is 0 Å². The molecule has 0 atom stereocenters. The van der Waals surface area contributed by atoms with Crippen LogP contribution in [0.3, 0.4) is 0 Å². The molecule has 3 aromatic rings. The van der Waals surface area contributed by atoms with E-state index in [-0.39, 0.29) is 0 Å². The highest BCUT2D eigenvalue weighted by atomic mass is 15.6. The van der Waals surface area contributed by atoms with Gasteiger partial charge in [0.2, 0.25) is 5.65 Å². The van der Waals surface area contributed by atoms with Gasteiger partial charge in [0.1, 0.15) is 12.0 Å². The molecule has 3 rings (SSSR count). The van der Waals surface area contributed by atoms with Crippen molar-refractivity contribution in [3.8, 4) is 0 Å². The molecule has 0 spiro atoms. The van der Waals surface area contributed by atoms with Crippen LogP contribution in [-0.4, -0.2) is 39.9 Å². The number of nitrogens with zero attached hydrogens (tertiary/aromatic N) is 8. The quantitative estimate of drug-likeness (QED) is 0.430. The van der Waals surface area contributed by atoms with E-state index in [2.05, 4.69) is 30.8 Å². The third-order valence-corrected chi connectivity index (χ3v) is 1.75. The van der Waals surface area contributed by atoms with Crippen LogP contribution in [0.2, 0.25) is 0 Å². The largest absolute Gasteiger partial charge is 0.276 e. The summed E-state index contributed by atoms with van der Waals surface area (Å²) >= 11 is 0. The average molecular weight is 176 g/mol. The summed E-state index contributed by atoms with van der Waals surface area (Å²) in [5.41, 5.74) is 1.33. The van der Waals surface area contributed by atoms with E-state index in [1.165, 1.54) is 15.4 Å². The second-order valence-electron chi connectivity index (χ2n) is 2.58. The Balaban J connectivity index is 2.70. The summed E-state index contributed by atoms with van der Waals surface area (Å²) in [6, 6.07) is 0. The minimum atomic E-state index is 0.505. The Morgan fingerprint density at radius 2 is 2.23 bits per heavy atom. The summed E-state index contributed by atoms with van der Waals surface area (Å²) in [4.78, 5) is 0. The lowest BCUT2D eigenvalue weighted by molar-refractivity contribution is 0.787. The second kappa shape index (κ2) is 1.97. The molecule has 0 aliphatic heterocycles. The maximum atomic E-state index is 4.16. The fourth-order valence-corrected chi connectivity index (χ4v) is 1.19. The fraction of sp³-hybridized carbons (Fsp3) is 0.200. The summed E-state index contributed by atoms with van der Waals surface area (Å²) in [7, 11) is 0. The third kappa shape index (κ3) is 0.687. The number of aromatic nitrogens is 8. The van der Waals surface area contributed by atoms with Crippen molar-refractivity contribution >= 4 is 11.4 Å². The van der Waals surface area contributed by atoms with Crippen molar-refractivity contribution in [3.05, 3.63) is 12.0 Å². The predicted molar refractivity (Wildman–Crippen MR) is 39.9 cm³/mol. The van der Waals surface area contributed by atoms with Gasteiger partial charge in [-0.15, -0.1) is 15.3 Å². The molecule has 13 heavy (non-hydrogen) atoms. The van der Waals surface area contributed by atoms with Gasteiger partial charge in [-0.3, -0.25) is 0 Å².